The molecule has 6 nitrogen and oxygen atoms in total. The molecule has 2 aromatic heterocycles. The molecule has 0 atom stereocenters. The lowest BCUT2D eigenvalue weighted by atomic mass is 10.2. The van der Waals surface area contributed by atoms with Crippen LogP contribution in [0.25, 0.3) is 22.5 Å². The van der Waals surface area contributed by atoms with Gasteiger partial charge in [0, 0.05) is 17.0 Å². The molecule has 6 heteroatoms. The Hall–Kier alpha value is -3.54. The Morgan fingerprint density at radius 2 is 1.89 bits per heavy atom. The van der Waals surface area contributed by atoms with Gasteiger partial charge in [-0.25, -0.2) is 0 Å². The molecular formula is C21H18N2O4. The molecule has 0 radical (unpaired) electrons. The van der Waals surface area contributed by atoms with Crippen LogP contribution in [0.15, 0.2) is 69.6 Å². The van der Waals surface area contributed by atoms with Gasteiger partial charge in [0.15, 0.2) is 5.76 Å². The van der Waals surface area contributed by atoms with Crippen LogP contribution >= 0.6 is 0 Å². The number of aromatic nitrogens is 1. The number of carbonyl (C=O) groups is 1. The highest BCUT2D eigenvalue weighted by Gasteiger charge is 2.13. The van der Waals surface area contributed by atoms with Crippen molar-refractivity contribution >= 4 is 16.9 Å². The fraction of sp³-hybridized carbons (Fsp3) is 0.143. The van der Waals surface area contributed by atoms with E-state index in [-0.39, 0.29) is 12.5 Å². The van der Waals surface area contributed by atoms with Crippen LogP contribution < -0.4 is 10.1 Å². The van der Waals surface area contributed by atoms with Gasteiger partial charge in [0.2, 0.25) is 5.76 Å². The number of nitrogens with zero attached hydrogens (tertiary/aromatic N) is 1. The summed E-state index contributed by atoms with van der Waals surface area (Å²) in [7, 11) is 0. The summed E-state index contributed by atoms with van der Waals surface area (Å²) in [6.45, 7) is 2.76. The van der Waals surface area contributed by atoms with Crippen molar-refractivity contribution in [2.24, 2.45) is 0 Å². The van der Waals surface area contributed by atoms with Crippen LogP contribution in [-0.2, 0) is 6.54 Å². The molecule has 1 amide bonds. The number of furan rings is 1. The smallest absolute Gasteiger partial charge is 0.251 e. The Bertz CT molecular complexity index is 1030. The van der Waals surface area contributed by atoms with Gasteiger partial charge in [0.25, 0.3) is 5.91 Å². The van der Waals surface area contributed by atoms with Crippen LogP contribution in [0.2, 0.25) is 0 Å². The number of rotatable bonds is 6. The Balaban J connectivity index is 1.41. The molecule has 0 aliphatic heterocycles. The molecule has 0 bridgehead atoms. The third-order valence-electron chi connectivity index (χ3n) is 4.08. The maximum atomic E-state index is 12.3. The van der Waals surface area contributed by atoms with E-state index >= 15 is 0 Å². The second-order valence-electron chi connectivity index (χ2n) is 5.97. The predicted molar refractivity (Wildman–Crippen MR) is 100 cm³/mol. The molecule has 0 saturated carbocycles. The number of fused-ring (bicyclic) bond motifs is 1. The van der Waals surface area contributed by atoms with E-state index in [4.69, 9.17) is 13.7 Å². The van der Waals surface area contributed by atoms with Crippen molar-refractivity contribution in [3.63, 3.8) is 0 Å². The average Bonchev–Trinajstić information content (AvgIpc) is 3.33. The summed E-state index contributed by atoms with van der Waals surface area (Å²) in [5.41, 5.74) is 1.96. The summed E-state index contributed by atoms with van der Waals surface area (Å²) in [4.78, 5) is 12.3. The van der Waals surface area contributed by atoms with Crippen LogP contribution in [-0.4, -0.2) is 17.7 Å². The number of hydrogen-bond acceptors (Lipinski definition) is 5. The van der Waals surface area contributed by atoms with Crippen molar-refractivity contribution in [3.8, 4) is 17.3 Å². The summed E-state index contributed by atoms with van der Waals surface area (Å²) in [6.07, 6.45) is 0. The third kappa shape index (κ3) is 3.69. The molecule has 4 aromatic rings. The molecule has 2 heterocycles. The average molecular weight is 362 g/mol. The summed E-state index contributed by atoms with van der Waals surface area (Å²) >= 11 is 0. The van der Waals surface area contributed by atoms with Crippen molar-refractivity contribution in [1.82, 2.24) is 10.5 Å². The Morgan fingerprint density at radius 1 is 1.07 bits per heavy atom. The van der Waals surface area contributed by atoms with Gasteiger partial charge in [-0.05, 0) is 43.3 Å². The van der Waals surface area contributed by atoms with Crippen LogP contribution in [0, 0.1) is 0 Å². The molecule has 0 spiro atoms. The lowest BCUT2D eigenvalue weighted by Crippen LogP contribution is -2.22. The molecule has 2 aromatic carbocycles. The Morgan fingerprint density at radius 3 is 2.67 bits per heavy atom. The lowest BCUT2D eigenvalue weighted by molar-refractivity contribution is 0.0950. The monoisotopic (exact) mass is 362 g/mol. The van der Waals surface area contributed by atoms with Gasteiger partial charge in [-0.3, -0.25) is 4.79 Å². The SMILES string of the molecule is CCOc1ccc(C(=O)NCc2cc(-c3cc4ccccc4o3)on2)cc1. The molecule has 27 heavy (non-hydrogen) atoms. The van der Waals surface area contributed by atoms with Gasteiger partial charge in [-0.1, -0.05) is 23.4 Å². The van der Waals surface area contributed by atoms with Crippen molar-refractivity contribution in [2.45, 2.75) is 13.5 Å². The van der Waals surface area contributed by atoms with E-state index < -0.39 is 0 Å². The minimum absolute atomic E-state index is 0.189. The summed E-state index contributed by atoms with van der Waals surface area (Å²) < 4.78 is 16.5. The zero-order valence-corrected chi connectivity index (χ0v) is 14.8. The fourth-order valence-electron chi connectivity index (χ4n) is 2.76. The lowest BCUT2D eigenvalue weighted by Gasteiger charge is -2.05. The first-order chi connectivity index (χ1) is 13.2. The van der Waals surface area contributed by atoms with Crippen LogP contribution in [0.3, 0.4) is 0 Å². The zero-order chi connectivity index (χ0) is 18.6. The van der Waals surface area contributed by atoms with Gasteiger partial charge in [-0.15, -0.1) is 0 Å². The molecule has 4 rings (SSSR count). The second kappa shape index (κ2) is 7.37. The highest BCUT2D eigenvalue weighted by molar-refractivity contribution is 5.94. The normalized spacial score (nSPS) is 10.9. The fourth-order valence-corrected chi connectivity index (χ4v) is 2.76. The first kappa shape index (κ1) is 16.9. The number of para-hydroxylation sites is 1. The number of amides is 1. The number of ether oxygens (including phenoxy) is 1. The minimum atomic E-state index is -0.189. The van der Waals surface area contributed by atoms with Crippen molar-refractivity contribution in [3.05, 3.63) is 71.9 Å². The van der Waals surface area contributed by atoms with Crippen molar-refractivity contribution in [2.75, 3.05) is 6.61 Å². The number of hydrogen-bond donors (Lipinski definition) is 1. The summed E-state index contributed by atoms with van der Waals surface area (Å²) in [5, 5.41) is 7.82. The first-order valence-electron chi connectivity index (χ1n) is 8.68. The Labute approximate surface area is 155 Å². The number of nitrogens with one attached hydrogen (secondary N) is 1. The van der Waals surface area contributed by atoms with E-state index in [1.54, 1.807) is 30.3 Å². The van der Waals surface area contributed by atoms with Crippen LogP contribution in [0.4, 0.5) is 0 Å². The van der Waals surface area contributed by atoms with Gasteiger partial charge in [0.1, 0.15) is 17.0 Å². The van der Waals surface area contributed by atoms with Crippen molar-refractivity contribution < 1.29 is 18.5 Å². The van der Waals surface area contributed by atoms with Gasteiger partial charge < -0.3 is 19.0 Å². The number of benzene rings is 2. The van der Waals surface area contributed by atoms with Crippen LogP contribution in [0.1, 0.15) is 23.0 Å². The molecule has 0 aliphatic carbocycles. The van der Waals surface area contributed by atoms with E-state index in [1.165, 1.54) is 0 Å². The van der Waals surface area contributed by atoms with Gasteiger partial charge in [-0.2, -0.15) is 0 Å². The molecule has 0 aliphatic rings. The first-order valence-corrected chi connectivity index (χ1v) is 8.68. The quantitative estimate of drug-likeness (QED) is 0.549. The summed E-state index contributed by atoms with van der Waals surface area (Å²) in [6, 6.07) is 18.4. The summed E-state index contributed by atoms with van der Waals surface area (Å²) in [5.74, 6) is 1.68. The zero-order valence-electron chi connectivity index (χ0n) is 14.8. The van der Waals surface area contributed by atoms with Crippen LogP contribution in [0.5, 0.6) is 5.75 Å². The highest BCUT2D eigenvalue weighted by atomic mass is 16.5. The third-order valence-corrected chi connectivity index (χ3v) is 4.08. The molecule has 0 saturated heterocycles. The maximum absolute atomic E-state index is 12.3. The predicted octanol–water partition coefficient (Wildman–Crippen LogP) is 4.42. The molecule has 1 N–H and O–H groups in total. The standard InChI is InChI=1S/C21H18N2O4/c1-2-25-17-9-7-14(8-10-17)21(24)22-13-16-12-20(27-23-16)19-11-15-5-3-4-6-18(15)26-19/h3-12H,2,13H2,1H3,(H,22,24). The molecule has 0 unspecified atom stereocenters. The molecular weight excluding hydrogens is 344 g/mol. The van der Waals surface area contributed by atoms with E-state index in [1.807, 2.05) is 37.3 Å². The largest absolute Gasteiger partial charge is 0.494 e. The van der Waals surface area contributed by atoms with E-state index in [0.29, 0.717) is 29.4 Å². The molecule has 0 fully saturated rings. The van der Waals surface area contributed by atoms with E-state index in [9.17, 15) is 4.79 Å². The van der Waals surface area contributed by atoms with Gasteiger partial charge in [0.05, 0.1) is 13.2 Å². The Kier molecular flexibility index (Phi) is 4.61. The van der Waals surface area contributed by atoms with Gasteiger partial charge >= 0.3 is 0 Å². The minimum Gasteiger partial charge on any atom is -0.494 e. The highest BCUT2D eigenvalue weighted by Crippen LogP contribution is 2.28. The topological polar surface area (TPSA) is 77.5 Å². The maximum Gasteiger partial charge on any atom is 0.251 e. The van der Waals surface area contributed by atoms with E-state index in [2.05, 4.69) is 10.5 Å². The number of carbonyl (C=O) groups excluding carboxylic acids is 1. The van der Waals surface area contributed by atoms with E-state index in [0.717, 1.165) is 16.7 Å². The molecule has 136 valence electrons. The second-order valence-corrected chi connectivity index (χ2v) is 5.97. The van der Waals surface area contributed by atoms with Crippen molar-refractivity contribution in [1.29, 1.82) is 0 Å².